The molecule has 0 saturated heterocycles. The lowest BCUT2D eigenvalue weighted by atomic mass is 9.98. The van der Waals surface area contributed by atoms with Gasteiger partial charge in [0.1, 0.15) is 6.04 Å². The summed E-state index contributed by atoms with van der Waals surface area (Å²) in [4.78, 5) is 25.1. The first-order chi connectivity index (χ1) is 12.2. The summed E-state index contributed by atoms with van der Waals surface area (Å²) in [5.41, 5.74) is 0.688. The molecule has 1 aromatic carbocycles. The Morgan fingerprint density at radius 1 is 1.04 bits per heavy atom. The summed E-state index contributed by atoms with van der Waals surface area (Å²) in [6.45, 7) is 2.98. The Morgan fingerprint density at radius 2 is 1.54 bits per heavy atom. The van der Waals surface area contributed by atoms with Crippen molar-refractivity contribution in [3.63, 3.8) is 0 Å². The van der Waals surface area contributed by atoms with E-state index < -0.39 is 36.5 Å². The Balaban J connectivity index is 3.01. The summed E-state index contributed by atoms with van der Waals surface area (Å²) >= 11 is 0. The lowest BCUT2D eigenvalue weighted by Gasteiger charge is -2.31. The number of carbonyl (C=O) groups is 2. The van der Waals surface area contributed by atoms with Gasteiger partial charge in [-0.2, -0.15) is 13.2 Å². The van der Waals surface area contributed by atoms with Crippen LogP contribution in [0.3, 0.4) is 0 Å². The first-order valence-corrected chi connectivity index (χ1v) is 8.34. The highest BCUT2D eigenvalue weighted by Gasteiger charge is 2.46. The fraction of sp³-hybridized carbons (Fsp3) is 0.556. The van der Waals surface area contributed by atoms with E-state index in [1.54, 1.807) is 30.3 Å². The maximum absolute atomic E-state index is 13.6. The number of hydrogen-bond donors (Lipinski definition) is 0. The van der Waals surface area contributed by atoms with E-state index >= 15 is 0 Å². The highest BCUT2D eigenvalue weighted by molar-refractivity contribution is 5.95. The standard InChI is InChI=1S/C18H24F3NO4/c1-4-25-16(23)14(17(24)26-5-2)11-15(18(19,20)21)22(3)12-13-9-7-6-8-10-13/h6-10,14-15H,4-5,11-12H2,1-3H3/t15-/m1/s1. The predicted octanol–water partition coefficient (Wildman–Crippen LogP) is 3.18. The van der Waals surface area contributed by atoms with Crippen LogP contribution in [0.2, 0.25) is 0 Å². The van der Waals surface area contributed by atoms with Crippen molar-refractivity contribution in [2.75, 3.05) is 20.3 Å². The van der Waals surface area contributed by atoms with Crippen molar-refractivity contribution in [3.05, 3.63) is 35.9 Å². The van der Waals surface area contributed by atoms with Crippen molar-refractivity contribution in [2.24, 2.45) is 5.92 Å². The zero-order valence-electron chi connectivity index (χ0n) is 15.1. The average Bonchev–Trinajstić information content (AvgIpc) is 2.55. The summed E-state index contributed by atoms with van der Waals surface area (Å²) in [6.07, 6.45) is -5.38. The van der Waals surface area contributed by atoms with E-state index in [-0.39, 0.29) is 19.8 Å². The predicted molar refractivity (Wildman–Crippen MR) is 89.1 cm³/mol. The lowest BCUT2D eigenvalue weighted by molar-refractivity contribution is -0.191. The average molecular weight is 375 g/mol. The van der Waals surface area contributed by atoms with Gasteiger partial charge in [0.05, 0.1) is 13.2 Å². The zero-order chi connectivity index (χ0) is 19.7. The second-order valence-corrected chi connectivity index (χ2v) is 5.75. The van der Waals surface area contributed by atoms with Crippen LogP contribution < -0.4 is 0 Å². The van der Waals surface area contributed by atoms with Crippen LogP contribution >= 0.6 is 0 Å². The quantitative estimate of drug-likeness (QED) is 0.490. The van der Waals surface area contributed by atoms with Gasteiger partial charge < -0.3 is 9.47 Å². The van der Waals surface area contributed by atoms with E-state index in [9.17, 15) is 22.8 Å². The third-order valence-corrected chi connectivity index (χ3v) is 3.79. The van der Waals surface area contributed by atoms with Gasteiger partial charge in [-0.3, -0.25) is 14.5 Å². The number of halogens is 3. The molecule has 26 heavy (non-hydrogen) atoms. The minimum absolute atomic E-state index is 0.0172. The molecule has 1 aromatic rings. The van der Waals surface area contributed by atoms with Crippen LogP contribution in [0.5, 0.6) is 0 Å². The molecule has 0 N–H and O–H groups in total. The summed E-state index contributed by atoms with van der Waals surface area (Å²) in [6, 6.07) is 6.64. The molecule has 146 valence electrons. The molecule has 0 aliphatic heterocycles. The summed E-state index contributed by atoms with van der Waals surface area (Å²) < 4.78 is 50.3. The maximum Gasteiger partial charge on any atom is 0.404 e. The van der Waals surface area contributed by atoms with Crippen molar-refractivity contribution in [1.29, 1.82) is 0 Å². The number of rotatable bonds is 9. The van der Waals surface area contributed by atoms with Gasteiger partial charge in [-0.1, -0.05) is 30.3 Å². The smallest absolute Gasteiger partial charge is 0.404 e. The monoisotopic (exact) mass is 375 g/mol. The van der Waals surface area contributed by atoms with E-state index in [1.807, 2.05) is 0 Å². The van der Waals surface area contributed by atoms with Gasteiger partial charge in [-0.05, 0) is 32.9 Å². The van der Waals surface area contributed by atoms with Gasteiger partial charge >= 0.3 is 18.1 Å². The molecular formula is C18H24F3NO4. The highest BCUT2D eigenvalue weighted by atomic mass is 19.4. The van der Waals surface area contributed by atoms with Crippen LogP contribution in [0.4, 0.5) is 13.2 Å². The topological polar surface area (TPSA) is 55.8 Å². The number of esters is 2. The number of ether oxygens (including phenoxy) is 2. The Bertz CT molecular complexity index is 560. The van der Waals surface area contributed by atoms with E-state index in [4.69, 9.17) is 9.47 Å². The summed E-state index contributed by atoms with van der Waals surface area (Å²) in [5.74, 6) is -3.64. The fourth-order valence-electron chi connectivity index (χ4n) is 2.54. The molecule has 0 heterocycles. The van der Waals surface area contributed by atoms with Crippen LogP contribution in [-0.4, -0.2) is 49.3 Å². The van der Waals surface area contributed by atoms with Crippen LogP contribution in [0.15, 0.2) is 30.3 Å². The molecule has 0 radical (unpaired) electrons. The second-order valence-electron chi connectivity index (χ2n) is 5.75. The maximum atomic E-state index is 13.6. The minimum atomic E-state index is -4.62. The summed E-state index contributed by atoms with van der Waals surface area (Å²) in [7, 11) is 1.30. The van der Waals surface area contributed by atoms with Crippen molar-refractivity contribution in [2.45, 2.75) is 39.0 Å². The molecule has 0 fully saturated rings. The van der Waals surface area contributed by atoms with Gasteiger partial charge in [-0.15, -0.1) is 0 Å². The molecule has 0 unspecified atom stereocenters. The van der Waals surface area contributed by atoms with Gasteiger partial charge in [0.15, 0.2) is 5.92 Å². The molecule has 0 aromatic heterocycles. The molecule has 5 nitrogen and oxygen atoms in total. The SMILES string of the molecule is CCOC(=O)C(C[C@@H](N(C)Cc1ccccc1)C(F)(F)F)C(=O)OCC. The van der Waals surface area contributed by atoms with E-state index in [1.165, 1.54) is 20.9 Å². The second kappa shape index (κ2) is 10.2. The zero-order valence-corrected chi connectivity index (χ0v) is 15.1. The van der Waals surface area contributed by atoms with Crippen molar-refractivity contribution in [3.8, 4) is 0 Å². The van der Waals surface area contributed by atoms with Gasteiger partial charge in [0, 0.05) is 6.54 Å². The first kappa shape index (κ1) is 22.0. The van der Waals surface area contributed by atoms with Crippen LogP contribution in [0.1, 0.15) is 25.8 Å². The fourth-order valence-corrected chi connectivity index (χ4v) is 2.54. The number of benzene rings is 1. The Kier molecular flexibility index (Phi) is 8.57. The molecule has 1 rings (SSSR count). The molecule has 0 spiro atoms. The number of carbonyl (C=O) groups excluding carboxylic acids is 2. The van der Waals surface area contributed by atoms with Crippen LogP contribution in [0.25, 0.3) is 0 Å². The highest BCUT2D eigenvalue weighted by Crippen LogP contribution is 2.31. The number of alkyl halides is 3. The largest absolute Gasteiger partial charge is 0.465 e. The van der Waals surface area contributed by atoms with Gasteiger partial charge in [0.2, 0.25) is 0 Å². The molecular weight excluding hydrogens is 351 g/mol. The third kappa shape index (κ3) is 6.67. The van der Waals surface area contributed by atoms with E-state index in [0.717, 1.165) is 4.90 Å². The van der Waals surface area contributed by atoms with Crippen LogP contribution in [-0.2, 0) is 25.6 Å². The third-order valence-electron chi connectivity index (χ3n) is 3.79. The molecule has 0 aliphatic carbocycles. The van der Waals surface area contributed by atoms with Gasteiger partial charge in [0.25, 0.3) is 0 Å². The normalized spacial score (nSPS) is 12.9. The van der Waals surface area contributed by atoms with E-state index in [2.05, 4.69) is 0 Å². The summed E-state index contributed by atoms with van der Waals surface area (Å²) in [5, 5.41) is 0. The van der Waals surface area contributed by atoms with Crippen molar-refractivity contribution >= 4 is 11.9 Å². The molecule has 8 heteroatoms. The lowest BCUT2D eigenvalue weighted by Crippen LogP contribution is -2.46. The molecule has 0 saturated carbocycles. The Hall–Kier alpha value is -2.09. The van der Waals surface area contributed by atoms with Crippen molar-refractivity contribution in [1.82, 2.24) is 4.90 Å². The Labute approximate surface area is 151 Å². The van der Waals surface area contributed by atoms with Gasteiger partial charge in [-0.25, -0.2) is 0 Å². The molecule has 0 amide bonds. The molecule has 0 aliphatic rings. The number of nitrogens with zero attached hydrogens (tertiary/aromatic N) is 1. The molecule has 1 atom stereocenters. The van der Waals surface area contributed by atoms with E-state index in [0.29, 0.717) is 5.56 Å². The molecule has 0 bridgehead atoms. The first-order valence-electron chi connectivity index (χ1n) is 8.34. The van der Waals surface area contributed by atoms with Crippen molar-refractivity contribution < 1.29 is 32.2 Å². The minimum Gasteiger partial charge on any atom is -0.465 e. The van der Waals surface area contributed by atoms with Crippen LogP contribution in [0, 0.1) is 5.92 Å². The Morgan fingerprint density at radius 3 is 1.96 bits per heavy atom. The number of hydrogen-bond acceptors (Lipinski definition) is 5.